The zero-order chi connectivity index (χ0) is 14.2. The van der Waals surface area contributed by atoms with Gasteiger partial charge in [-0.05, 0) is 12.1 Å². The summed E-state index contributed by atoms with van der Waals surface area (Å²) in [7, 11) is 0. The Morgan fingerprint density at radius 3 is 2.58 bits per heavy atom. The zero-order valence-corrected chi connectivity index (χ0v) is 11.6. The topological polar surface area (TPSA) is 68.0 Å². The number of aromatic carboxylic acids is 1. The Morgan fingerprint density at radius 2 is 2.05 bits per heavy atom. The van der Waals surface area contributed by atoms with Gasteiger partial charge < -0.3 is 5.11 Å². The highest BCUT2D eigenvalue weighted by atomic mass is 35.5. The van der Waals surface area contributed by atoms with Gasteiger partial charge in [-0.25, -0.2) is 14.5 Å². The van der Waals surface area contributed by atoms with Gasteiger partial charge in [-0.1, -0.05) is 38.4 Å². The Labute approximate surface area is 115 Å². The fourth-order valence-corrected chi connectivity index (χ4v) is 2.08. The molecule has 1 N–H and O–H groups in total. The summed E-state index contributed by atoms with van der Waals surface area (Å²) in [6.07, 6.45) is 1.34. The molecule has 19 heavy (non-hydrogen) atoms. The highest BCUT2D eigenvalue weighted by molar-refractivity contribution is 6.29. The monoisotopic (exact) mass is 279 g/mol. The van der Waals surface area contributed by atoms with Crippen molar-refractivity contribution in [1.29, 1.82) is 0 Å². The lowest BCUT2D eigenvalue weighted by molar-refractivity contribution is 0.0694. The van der Waals surface area contributed by atoms with E-state index in [2.05, 4.69) is 10.1 Å². The van der Waals surface area contributed by atoms with Crippen LogP contribution < -0.4 is 0 Å². The minimum absolute atomic E-state index is 0.175. The second kappa shape index (κ2) is 4.66. The van der Waals surface area contributed by atoms with Crippen molar-refractivity contribution < 1.29 is 9.90 Å². The molecule has 2 heterocycles. The number of nitrogens with zero attached hydrogens (tertiary/aromatic N) is 3. The number of halogens is 1. The van der Waals surface area contributed by atoms with Gasteiger partial charge in [-0.2, -0.15) is 5.10 Å². The molecule has 0 fully saturated rings. The first-order valence-electron chi connectivity index (χ1n) is 5.75. The van der Waals surface area contributed by atoms with Crippen molar-refractivity contribution >= 4 is 17.6 Å². The highest BCUT2D eigenvalue weighted by Gasteiger charge is 2.28. The smallest absolute Gasteiger partial charge is 0.339 e. The lowest BCUT2D eigenvalue weighted by Gasteiger charge is -2.21. The number of carbonyl (C=O) groups is 1. The van der Waals surface area contributed by atoms with Crippen LogP contribution in [0.1, 0.15) is 36.8 Å². The molecular formula is C13H14ClN3O2. The van der Waals surface area contributed by atoms with Gasteiger partial charge in [-0.3, -0.25) is 0 Å². The van der Waals surface area contributed by atoms with Crippen LogP contribution >= 0.6 is 11.6 Å². The maximum atomic E-state index is 11.3. The maximum absolute atomic E-state index is 11.3. The van der Waals surface area contributed by atoms with E-state index in [1.54, 1.807) is 18.2 Å². The first kappa shape index (κ1) is 13.5. The molecule has 0 bridgehead atoms. The van der Waals surface area contributed by atoms with Gasteiger partial charge in [0.1, 0.15) is 10.7 Å². The molecule has 5 nitrogen and oxygen atoms in total. The van der Waals surface area contributed by atoms with E-state index in [1.165, 1.54) is 10.9 Å². The largest absolute Gasteiger partial charge is 0.478 e. The molecule has 0 saturated carbocycles. The molecule has 0 aliphatic heterocycles. The minimum Gasteiger partial charge on any atom is -0.478 e. The molecule has 0 aliphatic rings. The van der Waals surface area contributed by atoms with Gasteiger partial charge in [0.15, 0.2) is 5.82 Å². The number of carboxylic acids is 1. The zero-order valence-electron chi connectivity index (χ0n) is 10.9. The normalized spacial score (nSPS) is 11.6. The van der Waals surface area contributed by atoms with Crippen molar-refractivity contribution in [3.8, 4) is 5.82 Å². The SMILES string of the molecule is CC(C)(C)c1c(C(=O)O)cnn1-c1cccc(Cl)n1. The van der Waals surface area contributed by atoms with Crippen molar-refractivity contribution in [2.75, 3.05) is 0 Å². The van der Waals surface area contributed by atoms with Crippen molar-refractivity contribution in [2.24, 2.45) is 0 Å². The average molecular weight is 280 g/mol. The molecule has 2 aromatic heterocycles. The molecule has 0 unspecified atom stereocenters. The van der Waals surface area contributed by atoms with Crippen LogP contribution in [0.25, 0.3) is 5.82 Å². The second-order valence-electron chi connectivity index (χ2n) is 5.19. The molecule has 2 rings (SSSR count). The summed E-state index contributed by atoms with van der Waals surface area (Å²) < 4.78 is 1.52. The van der Waals surface area contributed by atoms with Crippen molar-refractivity contribution in [3.05, 3.63) is 40.8 Å². The van der Waals surface area contributed by atoms with Gasteiger partial charge in [0, 0.05) is 5.41 Å². The number of aromatic nitrogens is 3. The summed E-state index contributed by atoms with van der Waals surface area (Å²) in [5, 5.41) is 13.7. The summed E-state index contributed by atoms with van der Waals surface area (Å²) in [6.45, 7) is 5.78. The molecule has 6 heteroatoms. The molecule has 0 atom stereocenters. The Morgan fingerprint density at radius 1 is 1.37 bits per heavy atom. The summed E-state index contributed by atoms with van der Waals surface area (Å²) in [4.78, 5) is 15.4. The van der Waals surface area contributed by atoms with Crippen LogP contribution in [0.3, 0.4) is 0 Å². The Hall–Kier alpha value is -1.88. The van der Waals surface area contributed by atoms with Crippen LogP contribution in [0.5, 0.6) is 0 Å². The summed E-state index contributed by atoms with van der Waals surface area (Å²) in [5.74, 6) is -0.497. The van der Waals surface area contributed by atoms with E-state index in [0.29, 0.717) is 16.7 Å². The Balaban J connectivity index is 2.68. The van der Waals surface area contributed by atoms with Crippen LogP contribution in [0.15, 0.2) is 24.4 Å². The number of rotatable bonds is 2. The number of pyridine rings is 1. The lowest BCUT2D eigenvalue weighted by Crippen LogP contribution is -2.21. The molecule has 0 aromatic carbocycles. The molecule has 0 radical (unpaired) electrons. The lowest BCUT2D eigenvalue weighted by atomic mass is 9.89. The first-order valence-corrected chi connectivity index (χ1v) is 6.13. The van der Waals surface area contributed by atoms with Crippen molar-refractivity contribution in [2.45, 2.75) is 26.2 Å². The van der Waals surface area contributed by atoms with E-state index >= 15 is 0 Å². The van der Waals surface area contributed by atoms with E-state index < -0.39 is 5.97 Å². The fraction of sp³-hybridized carbons (Fsp3) is 0.308. The van der Waals surface area contributed by atoms with E-state index in [-0.39, 0.29) is 11.0 Å². The van der Waals surface area contributed by atoms with E-state index in [9.17, 15) is 9.90 Å². The summed E-state index contributed by atoms with van der Waals surface area (Å²) in [6, 6.07) is 5.14. The van der Waals surface area contributed by atoms with E-state index in [4.69, 9.17) is 11.6 Å². The molecule has 0 amide bonds. The molecule has 0 aliphatic carbocycles. The highest BCUT2D eigenvalue weighted by Crippen LogP contribution is 2.28. The van der Waals surface area contributed by atoms with Crippen LogP contribution in [0, 0.1) is 0 Å². The molecule has 0 spiro atoms. The molecule has 2 aromatic rings. The molecular weight excluding hydrogens is 266 g/mol. The maximum Gasteiger partial charge on any atom is 0.339 e. The van der Waals surface area contributed by atoms with Crippen molar-refractivity contribution in [3.63, 3.8) is 0 Å². The molecule has 0 saturated heterocycles. The third-order valence-electron chi connectivity index (χ3n) is 2.63. The van der Waals surface area contributed by atoms with E-state index in [1.807, 2.05) is 20.8 Å². The Kier molecular flexibility index (Phi) is 3.32. The quantitative estimate of drug-likeness (QED) is 0.858. The van der Waals surface area contributed by atoms with Gasteiger partial charge in [0.25, 0.3) is 0 Å². The van der Waals surface area contributed by atoms with Crippen LogP contribution in [-0.4, -0.2) is 25.8 Å². The number of hydrogen-bond acceptors (Lipinski definition) is 3. The van der Waals surface area contributed by atoms with Gasteiger partial charge in [0.05, 0.1) is 11.9 Å². The van der Waals surface area contributed by atoms with Crippen LogP contribution in [0.2, 0.25) is 5.15 Å². The fourth-order valence-electron chi connectivity index (χ4n) is 1.92. The summed E-state index contributed by atoms with van der Waals surface area (Å²) >= 11 is 5.86. The summed E-state index contributed by atoms with van der Waals surface area (Å²) in [5.41, 5.74) is 0.387. The van der Waals surface area contributed by atoms with Crippen molar-refractivity contribution in [1.82, 2.24) is 14.8 Å². The number of carboxylic acid groups (broad SMARTS) is 1. The number of hydrogen-bond donors (Lipinski definition) is 1. The van der Waals surface area contributed by atoms with Gasteiger partial charge in [-0.15, -0.1) is 0 Å². The van der Waals surface area contributed by atoms with Gasteiger partial charge in [0.2, 0.25) is 0 Å². The standard InChI is InChI=1S/C13H14ClN3O2/c1-13(2,3)11-8(12(18)19)7-15-17(11)10-6-4-5-9(14)16-10/h4-7H,1-3H3,(H,18,19). The third kappa shape index (κ3) is 2.61. The molecule has 100 valence electrons. The second-order valence-corrected chi connectivity index (χ2v) is 5.58. The average Bonchev–Trinajstić information content (AvgIpc) is 2.73. The first-order chi connectivity index (χ1) is 8.80. The minimum atomic E-state index is -1.00. The Bertz CT molecular complexity index is 629. The predicted molar refractivity (Wildman–Crippen MR) is 72.0 cm³/mol. The van der Waals surface area contributed by atoms with E-state index in [0.717, 1.165) is 0 Å². The predicted octanol–water partition coefficient (Wildman–Crippen LogP) is 2.92. The third-order valence-corrected chi connectivity index (χ3v) is 2.84. The van der Waals surface area contributed by atoms with Gasteiger partial charge >= 0.3 is 5.97 Å². The van der Waals surface area contributed by atoms with Crippen LogP contribution in [0.4, 0.5) is 0 Å². The van der Waals surface area contributed by atoms with Crippen LogP contribution in [-0.2, 0) is 5.41 Å².